The average molecular weight is 284 g/mol. The fourth-order valence-electron chi connectivity index (χ4n) is 1.94. The molecule has 0 spiro atoms. The van der Waals surface area contributed by atoms with Crippen LogP contribution in [0.1, 0.15) is 20.8 Å². The second-order valence-electron chi connectivity index (χ2n) is 5.41. The molecule has 1 aliphatic rings. The lowest BCUT2D eigenvalue weighted by Crippen LogP contribution is -2.47. The van der Waals surface area contributed by atoms with E-state index in [0.717, 1.165) is 5.69 Å². The summed E-state index contributed by atoms with van der Waals surface area (Å²) in [6, 6.07) is 5.31. The Morgan fingerprint density at radius 3 is 2.79 bits per heavy atom. The summed E-state index contributed by atoms with van der Waals surface area (Å²) < 4.78 is 5.40. The highest BCUT2D eigenvalue weighted by Crippen LogP contribution is 2.37. The third-order valence-corrected chi connectivity index (χ3v) is 2.90. The first-order valence-corrected chi connectivity index (χ1v) is 6.48. The van der Waals surface area contributed by atoms with Crippen molar-refractivity contribution >= 4 is 29.1 Å². The predicted molar refractivity (Wildman–Crippen MR) is 76.6 cm³/mol. The number of nitrogens with one attached hydrogen (secondary N) is 1. The zero-order valence-electron chi connectivity index (χ0n) is 11.2. The molecule has 19 heavy (non-hydrogen) atoms. The van der Waals surface area contributed by atoms with Crippen molar-refractivity contribution < 1.29 is 9.53 Å². The molecule has 0 aromatic heterocycles. The fourth-order valence-corrected chi connectivity index (χ4v) is 2.11. The minimum Gasteiger partial charge on any atom is -0.443 e. The van der Waals surface area contributed by atoms with Gasteiger partial charge in [-0.05, 0) is 39.0 Å². The molecule has 1 aromatic carbocycles. The molecule has 3 N–H and O–H groups in total. The molecule has 0 saturated heterocycles. The quantitative estimate of drug-likeness (QED) is 0.832. The van der Waals surface area contributed by atoms with Crippen molar-refractivity contribution in [1.82, 2.24) is 0 Å². The minimum atomic E-state index is -0.558. The van der Waals surface area contributed by atoms with Gasteiger partial charge < -0.3 is 15.8 Å². The van der Waals surface area contributed by atoms with Gasteiger partial charge in [-0.2, -0.15) is 0 Å². The van der Waals surface area contributed by atoms with Crippen LogP contribution in [0.25, 0.3) is 0 Å². The Morgan fingerprint density at radius 2 is 2.21 bits per heavy atom. The van der Waals surface area contributed by atoms with Crippen LogP contribution in [0.4, 0.5) is 16.2 Å². The Kier molecular flexibility index (Phi) is 3.60. The standard InChI is InChI=1S/C13H18ClN3O2/c1-13(2,3)19-12(18)17-10-6-8(14)4-5-9(10)16-11(17)7-15/h4-6,11,16H,7,15H2,1-3H3. The number of fused-ring (bicyclic) bond motifs is 1. The molecule has 6 heteroatoms. The second-order valence-corrected chi connectivity index (χ2v) is 5.84. The van der Waals surface area contributed by atoms with Crippen LogP contribution >= 0.6 is 11.6 Å². The molecule has 0 bridgehead atoms. The van der Waals surface area contributed by atoms with Crippen LogP contribution in [0.2, 0.25) is 5.02 Å². The second kappa shape index (κ2) is 4.90. The van der Waals surface area contributed by atoms with E-state index in [9.17, 15) is 4.79 Å². The minimum absolute atomic E-state index is 0.283. The maximum Gasteiger partial charge on any atom is 0.416 e. The first kappa shape index (κ1) is 14.0. The van der Waals surface area contributed by atoms with Gasteiger partial charge in [-0.25, -0.2) is 4.79 Å². The summed E-state index contributed by atoms with van der Waals surface area (Å²) >= 11 is 5.98. The van der Waals surface area contributed by atoms with Gasteiger partial charge in [-0.1, -0.05) is 11.6 Å². The van der Waals surface area contributed by atoms with Crippen molar-refractivity contribution in [3.63, 3.8) is 0 Å². The van der Waals surface area contributed by atoms with Gasteiger partial charge in [0, 0.05) is 11.6 Å². The molecule has 104 valence electrons. The summed E-state index contributed by atoms with van der Waals surface area (Å²) in [5.41, 5.74) is 6.66. The molecule has 5 nitrogen and oxygen atoms in total. The maximum atomic E-state index is 12.3. The van der Waals surface area contributed by atoms with Crippen molar-refractivity contribution in [2.45, 2.75) is 32.5 Å². The smallest absolute Gasteiger partial charge is 0.416 e. The Morgan fingerprint density at radius 1 is 1.53 bits per heavy atom. The molecule has 0 fully saturated rings. The van der Waals surface area contributed by atoms with Crippen LogP contribution in [0.5, 0.6) is 0 Å². The number of amides is 1. The molecular weight excluding hydrogens is 266 g/mol. The normalized spacial score (nSPS) is 17.9. The number of hydrogen-bond acceptors (Lipinski definition) is 4. The highest BCUT2D eigenvalue weighted by molar-refractivity contribution is 6.31. The van der Waals surface area contributed by atoms with E-state index in [1.54, 1.807) is 12.1 Å². The molecule has 1 aliphatic heterocycles. The Labute approximate surface area is 117 Å². The van der Waals surface area contributed by atoms with E-state index >= 15 is 0 Å². The van der Waals surface area contributed by atoms with Crippen molar-refractivity contribution in [2.75, 3.05) is 16.8 Å². The summed E-state index contributed by atoms with van der Waals surface area (Å²) in [5, 5.41) is 3.73. The van der Waals surface area contributed by atoms with Crippen molar-refractivity contribution in [3.05, 3.63) is 23.2 Å². The van der Waals surface area contributed by atoms with E-state index in [1.807, 2.05) is 26.8 Å². The third kappa shape index (κ3) is 2.93. The number of rotatable bonds is 1. The highest BCUT2D eigenvalue weighted by Gasteiger charge is 2.35. The van der Waals surface area contributed by atoms with Gasteiger partial charge in [0.15, 0.2) is 0 Å². The van der Waals surface area contributed by atoms with E-state index in [4.69, 9.17) is 22.1 Å². The predicted octanol–water partition coefficient (Wildman–Crippen LogP) is 2.79. The number of nitrogens with two attached hydrogens (primary N) is 1. The summed E-state index contributed by atoms with van der Waals surface area (Å²) in [6.45, 7) is 5.76. The topological polar surface area (TPSA) is 67.6 Å². The van der Waals surface area contributed by atoms with E-state index < -0.39 is 11.7 Å². The zero-order chi connectivity index (χ0) is 14.2. The van der Waals surface area contributed by atoms with Gasteiger partial charge >= 0.3 is 6.09 Å². The number of hydrogen-bond donors (Lipinski definition) is 2. The molecular formula is C13H18ClN3O2. The molecule has 1 atom stereocenters. The van der Waals surface area contributed by atoms with Crippen molar-refractivity contribution in [1.29, 1.82) is 0 Å². The lowest BCUT2D eigenvalue weighted by molar-refractivity contribution is 0.0573. The summed E-state index contributed by atoms with van der Waals surface area (Å²) in [4.78, 5) is 13.8. The summed E-state index contributed by atoms with van der Waals surface area (Å²) in [7, 11) is 0. The molecule has 1 heterocycles. The maximum absolute atomic E-state index is 12.3. The van der Waals surface area contributed by atoms with Crippen molar-refractivity contribution in [2.24, 2.45) is 5.73 Å². The Balaban J connectivity index is 2.32. The van der Waals surface area contributed by atoms with Gasteiger partial charge in [0.25, 0.3) is 0 Å². The highest BCUT2D eigenvalue weighted by atomic mass is 35.5. The fraction of sp³-hybridized carbons (Fsp3) is 0.462. The number of carbonyl (C=O) groups is 1. The van der Waals surface area contributed by atoms with Crippen LogP contribution in [0.3, 0.4) is 0 Å². The molecule has 0 aliphatic carbocycles. The van der Waals surface area contributed by atoms with Crippen LogP contribution in [0, 0.1) is 0 Å². The summed E-state index contributed by atoms with van der Waals surface area (Å²) in [5.74, 6) is 0. The Hall–Kier alpha value is -1.46. The molecule has 2 rings (SSSR count). The number of ether oxygens (including phenoxy) is 1. The zero-order valence-corrected chi connectivity index (χ0v) is 12.0. The average Bonchev–Trinajstić information content (AvgIpc) is 2.64. The number of carbonyl (C=O) groups excluding carboxylic acids is 1. The monoisotopic (exact) mass is 283 g/mol. The van der Waals surface area contributed by atoms with E-state index in [1.165, 1.54) is 4.90 Å². The number of anilines is 2. The van der Waals surface area contributed by atoms with Crippen molar-refractivity contribution in [3.8, 4) is 0 Å². The van der Waals surface area contributed by atoms with Crippen LogP contribution in [0.15, 0.2) is 18.2 Å². The molecule has 0 radical (unpaired) electrons. The molecule has 0 saturated carbocycles. The van der Waals surface area contributed by atoms with Crippen LogP contribution in [-0.2, 0) is 4.74 Å². The third-order valence-electron chi connectivity index (χ3n) is 2.67. The SMILES string of the molecule is CC(C)(C)OC(=O)N1c2cc(Cl)ccc2NC1CN. The van der Waals surface area contributed by atoms with Gasteiger partial charge in [0.2, 0.25) is 0 Å². The van der Waals surface area contributed by atoms with E-state index in [-0.39, 0.29) is 12.7 Å². The summed E-state index contributed by atoms with van der Waals surface area (Å²) in [6.07, 6.45) is -0.750. The number of benzene rings is 1. The van der Waals surface area contributed by atoms with E-state index in [2.05, 4.69) is 5.32 Å². The van der Waals surface area contributed by atoms with E-state index in [0.29, 0.717) is 10.7 Å². The van der Waals surface area contributed by atoms with Crippen LogP contribution < -0.4 is 16.0 Å². The molecule has 1 aromatic rings. The van der Waals surface area contributed by atoms with Crippen LogP contribution in [-0.4, -0.2) is 24.4 Å². The lowest BCUT2D eigenvalue weighted by atomic mass is 10.2. The Bertz CT molecular complexity index is 499. The number of halogens is 1. The lowest BCUT2D eigenvalue weighted by Gasteiger charge is -2.28. The largest absolute Gasteiger partial charge is 0.443 e. The first-order chi connectivity index (χ1) is 8.81. The first-order valence-electron chi connectivity index (χ1n) is 6.10. The molecule has 1 amide bonds. The number of nitrogens with zero attached hydrogens (tertiary/aromatic N) is 1. The van der Waals surface area contributed by atoms with Gasteiger partial charge in [-0.3, -0.25) is 4.90 Å². The van der Waals surface area contributed by atoms with Gasteiger partial charge in [-0.15, -0.1) is 0 Å². The molecule has 1 unspecified atom stereocenters. The van der Waals surface area contributed by atoms with Gasteiger partial charge in [0.1, 0.15) is 11.8 Å². The van der Waals surface area contributed by atoms with Gasteiger partial charge in [0.05, 0.1) is 11.4 Å².